The van der Waals surface area contributed by atoms with E-state index in [9.17, 15) is 9.50 Å². The van der Waals surface area contributed by atoms with E-state index in [1.54, 1.807) is 30.5 Å². The quantitative estimate of drug-likeness (QED) is 0.299. The van der Waals surface area contributed by atoms with Crippen molar-refractivity contribution >= 4 is 27.5 Å². The summed E-state index contributed by atoms with van der Waals surface area (Å²) in [6, 6.07) is 17.8. The molecule has 2 aromatic heterocycles. The summed E-state index contributed by atoms with van der Waals surface area (Å²) in [5.74, 6) is -0.327. The molecule has 0 aliphatic carbocycles. The van der Waals surface area contributed by atoms with Crippen LogP contribution in [-0.2, 0) is 6.42 Å². The van der Waals surface area contributed by atoms with Crippen molar-refractivity contribution < 1.29 is 18.6 Å². The number of halogens is 2. The van der Waals surface area contributed by atoms with E-state index >= 15 is 4.39 Å². The Labute approximate surface area is 229 Å². The van der Waals surface area contributed by atoms with Crippen LogP contribution in [0.15, 0.2) is 66.9 Å². The van der Waals surface area contributed by atoms with Gasteiger partial charge in [0.05, 0.1) is 12.0 Å². The molecule has 7 rings (SSSR count). The van der Waals surface area contributed by atoms with Crippen molar-refractivity contribution in [2.24, 2.45) is 0 Å². The number of piperazine rings is 1. The number of pyridine rings is 1. The molecule has 2 N–H and O–H groups in total. The summed E-state index contributed by atoms with van der Waals surface area (Å²) in [6.07, 6.45) is 4.09. The largest absolute Gasteiger partial charge is 0.508 e. The second kappa shape index (κ2) is 9.98. The lowest BCUT2D eigenvalue weighted by atomic mass is 10.0. The molecule has 5 aromatic rings. The SMILES string of the molecule is Oc1cc(-c2ncc3c(N4C[C@H]5CC[C@@H](C4)N5)nc(OCCc4ccccc4F)nc3c2F)c2ccccc2c1. The Morgan fingerprint density at radius 3 is 2.55 bits per heavy atom. The van der Waals surface area contributed by atoms with Gasteiger partial charge in [-0.05, 0) is 47.4 Å². The van der Waals surface area contributed by atoms with Crippen LogP contribution in [0, 0.1) is 11.6 Å². The van der Waals surface area contributed by atoms with E-state index in [-0.39, 0.29) is 35.4 Å². The molecule has 2 aliphatic rings. The molecule has 3 aromatic carbocycles. The molecule has 2 atom stereocenters. The van der Waals surface area contributed by atoms with Gasteiger partial charge in [-0.1, -0.05) is 42.5 Å². The highest BCUT2D eigenvalue weighted by molar-refractivity contribution is 5.99. The number of nitrogens with one attached hydrogen (secondary N) is 1. The summed E-state index contributed by atoms with van der Waals surface area (Å²) >= 11 is 0. The van der Waals surface area contributed by atoms with Crippen molar-refractivity contribution in [3.63, 3.8) is 0 Å². The molecule has 202 valence electrons. The average Bonchev–Trinajstić information content (AvgIpc) is 3.30. The number of ether oxygens (including phenoxy) is 1. The number of anilines is 1. The fourth-order valence-electron chi connectivity index (χ4n) is 5.93. The van der Waals surface area contributed by atoms with Gasteiger partial charge < -0.3 is 20.1 Å². The van der Waals surface area contributed by atoms with Crippen molar-refractivity contribution in [1.82, 2.24) is 20.3 Å². The second-order valence-corrected chi connectivity index (χ2v) is 10.5. The van der Waals surface area contributed by atoms with Crippen LogP contribution in [0.5, 0.6) is 11.8 Å². The van der Waals surface area contributed by atoms with Gasteiger partial charge in [0.1, 0.15) is 28.6 Å². The van der Waals surface area contributed by atoms with E-state index in [4.69, 9.17) is 9.72 Å². The lowest BCUT2D eigenvalue weighted by molar-refractivity contribution is 0.295. The minimum Gasteiger partial charge on any atom is -0.508 e. The number of aromatic nitrogens is 3. The molecule has 0 spiro atoms. The first kappa shape index (κ1) is 24.7. The smallest absolute Gasteiger partial charge is 0.319 e. The zero-order valence-corrected chi connectivity index (χ0v) is 21.6. The second-order valence-electron chi connectivity index (χ2n) is 10.5. The normalized spacial score (nSPS) is 18.5. The van der Waals surface area contributed by atoms with E-state index in [0.29, 0.717) is 40.8 Å². The standard InChI is InChI=1S/C31H27F2N5O2/c32-26-8-4-2-5-18(26)11-12-40-31-36-29-25(30(37-31)38-16-20-9-10-21(17-38)35-20)15-34-28(27(29)33)24-14-22(39)13-19-6-1-3-7-23(19)24/h1-8,13-15,20-21,35,39H,9-12,16-17H2/t20-,21+. The van der Waals surface area contributed by atoms with Crippen LogP contribution in [0.3, 0.4) is 0 Å². The summed E-state index contributed by atoms with van der Waals surface area (Å²) in [6.45, 7) is 1.60. The van der Waals surface area contributed by atoms with Gasteiger partial charge in [-0.15, -0.1) is 0 Å². The number of fused-ring (bicyclic) bond motifs is 4. The first-order valence-electron chi connectivity index (χ1n) is 13.5. The number of benzene rings is 3. The van der Waals surface area contributed by atoms with Crippen LogP contribution in [0.4, 0.5) is 14.6 Å². The summed E-state index contributed by atoms with van der Waals surface area (Å²) in [4.78, 5) is 15.9. The number of hydrogen-bond donors (Lipinski definition) is 2. The number of nitrogens with zero attached hydrogens (tertiary/aromatic N) is 4. The highest BCUT2D eigenvalue weighted by Gasteiger charge is 2.34. The van der Waals surface area contributed by atoms with Crippen molar-refractivity contribution in [3.05, 3.63) is 84.1 Å². The lowest BCUT2D eigenvalue weighted by Crippen LogP contribution is -2.51. The maximum Gasteiger partial charge on any atom is 0.319 e. The summed E-state index contributed by atoms with van der Waals surface area (Å²) in [7, 11) is 0. The molecular weight excluding hydrogens is 512 g/mol. The molecule has 0 unspecified atom stereocenters. The number of aromatic hydroxyl groups is 1. The van der Waals surface area contributed by atoms with Crippen LogP contribution < -0.4 is 15.0 Å². The maximum absolute atomic E-state index is 16.4. The third kappa shape index (κ3) is 4.46. The predicted molar refractivity (Wildman–Crippen MR) is 150 cm³/mol. The molecule has 40 heavy (non-hydrogen) atoms. The number of rotatable bonds is 6. The Hall–Kier alpha value is -4.37. The Morgan fingerprint density at radius 2 is 1.73 bits per heavy atom. The summed E-state index contributed by atoms with van der Waals surface area (Å²) < 4.78 is 36.4. The summed E-state index contributed by atoms with van der Waals surface area (Å²) in [5.41, 5.74) is 1.17. The number of phenolic OH excluding ortho intramolecular Hbond substituents is 1. The van der Waals surface area contributed by atoms with Crippen molar-refractivity contribution in [3.8, 4) is 23.0 Å². The minimum atomic E-state index is -0.617. The van der Waals surface area contributed by atoms with Gasteiger partial charge in [-0.3, -0.25) is 4.98 Å². The molecule has 0 radical (unpaired) electrons. The van der Waals surface area contributed by atoms with Gasteiger partial charge in [-0.2, -0.15) is 9.97 Å². The molecule has 2 saturated heterocycles. The highest BCUT2D eigenvalue weighted by atomic mass is 19.1. The van der Waals surface area contributed by atoms with Gasteiger partial charge >= 0.3 is 6.01 Å². The molecule has 2 fully saturated rings. The molecular formula is C31H27F2N5O2. The first-order valence-corrected chi connectivity index (χ1v) is 13.5. The zero-order chi connectivity index (χ0) is 27.2. The minimum absolute atomic E-state index is 0.0202. The van der Waals surface area contributed by atoms with Crippen LogP contribution in [0.25, 0.3) is 32.9 Å². The number of phenols is 1. The predicted octanol–water partition coefficient (Wildman–Crippen LogP) is 5.39. The van der Waals surface area contributed by atoms with Gasteiger partial charge in [0.25, 0.3) is 0 Å². The Kier molecular flexibility index (Phi) is 6.15. The molecule has 2 bridgehead atoms. The highest BCUT2D eigenvalue weighted by Crippen LogP contribution is 2.37. The van der Waals surface area contributed by atoms with E-state index in [1.165, 1.54) is 12.1 Å². The molecule has 4 heterocycles. The molecule has 9 heteroatoms. The molecule has 7 nitrogen and oxygen atoms in total. The van der Waals surface area contributed by atoms with Crippen LogP contribution in [0.1, 0.15) is 18.4 Å². The van der Waals surface area contributed by atoms with E-state index in [2.05, 4.69) is 20.2 Å². The van der Waals surface area contributed by atoms with Gasteiger partial charge in [0, 0.05) is 43.4 Å². The van der Waals surface area contributed by atoms with E-state index in [0.717, 1.165) is 36.7 Å². The van der Waals surface area contributed by atoms with E-state index < -0.39 is 5.82 Å². The molecule has 0 saturated carbocycles. The summed E-state index contributed by atoms with van der Waals surface area (Å²) in [5, 5.41) is 16.0. The van der Waals surface area contributed by atoms with Crippen LogP contribution in [-0.4, -0.2) is 51.8 Å². The Balaban J connectivity index is 1.32. The first-order chi connectivity index (χ1) is 19.5. The lowest BCUT2D eigenvalue weighted by Gasteiger charge is -2.34. The molecule has 0 amide bonds. The van der Waals surface area contributed by atoms with Gasteiger partial charge in [-0.25, -0.2) is 8.78 Å². The van der Waals surface area contributed by atoms with Crippen molar-refractivity contribution in [2.75, 3.05) is 24.6 Å². The third-order valence-corrected chi connectivity index (χ3v) is 7.82. The zero-order valence-electron chi connectivity index (χ0n) is 21.6. The third-order valence-electron chi connectivity index (χ3n) is 7.82. The maximum atomic E-state index is 16.4. The topological polar surface area (TPSA) is 83.4 Å². The average molecular weight is 540 g/mol. The Morgan fingerprint density at radius 1 is 0.950 bits per heavy atom. The van der Waals surface area contributed by atoms with E-state index in [1.807, 2.05) is 24.3 Å². The van der Waals surface area contributed by atoms with Gasteiger partial charge in [0.15, 0.2) is 5.82 Å². The van der Waals surface area contributed by atoms with Gasteiger partial charge in [0.2, 0.25) is 0 Å². The van der Waals surface area contributed by atoms with Crippen molar-refractivity contribution in [2.45, 2.75) is 31.3 Å². The molecule has 2 aliphatic heterocycles. The van der Waals surface area contributed by atoms with Crippen LogP contribution >= 0.6 is 0 Å². The number of hydrogen-bond acceptors (Lipinski definition) is 7. The Bertz CT molecular complexity index is 1740. The fourth-order valence-corrected chi connectivity index (χ4v) is 5.93. The fraction of sp³-hybridized carbons (Fsp3) is 0.258. The monoisotopic (exact) mass is 539 g/mol. The van der Waals surface area contributed by atoms with Crippen molar-refractivity contribution in [1.29, 1.82) is 0 Å². The van der Waals surface area contributed by atoms with Crippen LogP contribution in [0.2, 0.25) is 0 Å².